The van der Waals surface area contributed by atoms with E-state index in [1.807, 2.05) is 0 Å². The minimum absolute atomic E-state index is 0.187. The van der Waals surface area contributed by atoms with Crippen molar-refractivity contribution < 1.29 is 13.6 Å². The van der Waals surface area contributed by atoms with Crippen LogP contribution in [0.2, 0.25) is 5.02 Å². The average Bonchev–Trinajstić information content (AvgIpc) is 2.38. The summed E-state index contributed by atoms with van der Waals surface area (Å²) in [6.45, 7) is 0. The van der Waals surface area contributed by atoms with E-state index in [0.29, 0.717) is 10.7 Å². The quantitative estimate of drug-likeness (QED) is 0.787. The van der Waals surface area contributed by atoms with Crippen LogP contribution in [0.4, 0.5) is 20.2 Å². The summed E-state index contributed by atoms with van der Waals surface area (Å²) < 4.78 is 27.3. The molecule has 2 rings (SSSR count). The van der Waals surface area contributed by atoms with Gasteiger partial charge in [-0.05, 0) is 30.3 Å². The Hall–Kier alpha value is -1.66. The Labute approximate surface area is 126 Å². The summed E-state index contributed by atoms with van der Waals surface area (Å²) in [4.78, 5) is 11.9. The number of carbonyl (C=O) groups excluding carboxylic acids is 1. The van der Waals surface area contributed by atoms with Crippen molar-refractivity contribution in [2.45, 2.75) is 0 Å². The number of rotatable bonds is 2. The van der Waals surface area contributed by atoms with Crippen LogP contribution in [0.3, 0.4) is 0 Å². The van der Waals surface area contributed by atoms with E-state index in [1.54, 1.807) is 18.2 Å². The van der Waals surface area contributed by atoms with Gasteiger partial charge in [-0.2, -0.15) is 0 Å². The monoisotopic (exact) mass is 360 g/mol. The van der Waals surface area contributed by atoms with Crippen molar-refractivity contribution in [3.05, 3.63) is 57.0 Å². The second kappa shape index (κ2) is 5.76. The largest absolute Gasteiger partial charge is 0.394 e. The van der Waals surface area contributed by atoms with Gasteiger partial charge in [-0.25, -0.2) is 8.78 Å². The molecule has 0 radical (unpaired) electrons. The molecule has 0 aliphatic heterocycles. The average molecular weight is 362 g/mol. The Balaban J connectivity index is 2.28. The van der Waals surface area contributed by atoms with Gasteiger partial charge in [0.15, 0.2) is 0 Å². The SMILES string of the molecule is Nc1c(F)cc(C(=O)Nc2ccc(Br)cc2Cl)cc1F. The van der Waals surface area contributed by atoms with Crippen LogP contribution in [0.15, 0.2) is 34.8 Å². The fourth-order valence-electron chi connectivity index (χ4n) is 1.50. The predicted molar refractivity (Wildman–Crippen MR) is 77.9 cm³/mol. The van der Waals surface area contributed by atoms with E-state index < -0.39 is 23.2 Å². The molecule has 0 atom stereocenters. The topological polar surface area (TPSA) is 55.1 Å². The molecule has 0 fully saturated rings. The highest BCUT2D eigenvalue weighted by molar-refractivity contribution is 9.10. The summed E-state index contributed by atoms with van der Waals surface area (Å²) in [5.41, 5.74) is 4.66. The summed E-state index contributed by atoms with van der Waals surface area (Å²) >= 11 is 9.16. The minimum Gasteiger partial charge on any atom is -0.394 e. The van der Waals surface area contributed by atoms with Crippen molar-refractivity contribution in [2.75, 3.05) is 11.1 Å². The molecule has 20 heavy (non-hydrogen) atoms. The molecule has 2 aromatic rings. The number of benzene rings is 2. The molecule has 0 aliphatic carbocycles. The highest BCUT2D eigenvalue weighted by Gasteiger charge is 2.14. The number of nitrogens with two attached hydrogens (primary N) is 1. The summed E-state index contributed by atoms with van der Waals surface area (Å²) in [6.07, 6.45) is 0. The molecule has 104 valence electrons. The van der Waals surface area contributed by atoms with Gasteiger partial charge in [-0.3, -0.25) is 4.79 Å². The van der Waals surface area contributed by atoms with E-state index in [-0.39, 0.29) is 5.56 Å². The lowest BCUT2D eigenvalue weighted by Gasteiger charge is -2.08. The van der Waals surface area contributed by atoms with Gasteiger partial charge in [0, 0.05) is 10.0 Å². The Morgan fingerprint density at radius 3 is 2.35 bits per heavy atom. The van der Waals surface area contributed by atoms with Gasteiger partial charge >= 0.3 is 0 Å². The molecule has 0 saturated heterocycles. The molecule has 0 spiro atoms. The molecule has 0 saturated carbocycles. The molecule has 0 heterocycles. The summed E-state index contributed by atoms with van der Waals surface area (Å²) in [7, 11) is 0. The van der Waals surface area contributed by atoms with Gasteiger partial charge in [0.1, 0.15) is 17.3 Å². The molecular formula is C13H8BrClF2N2O. The van der Waals surface area contributed by atoms with Gasteiger partial charge in [0.25, 0.3) is 5.91 Å². The third-order valence-corrected chi connectivity index (χ3v) is 3.33. The molecule has 0 aromatic heterocycles. The Morgan fingerprint density at radius 2 is 1.80 bits per heavy atom. The Bertz CT molecular complexity index is 671. The molecule has 0 unspecified atom stereocenters. The second-order valence-electron chi connectivity index (χ2n) is 3.93. The van der Waals surface area contributed by atoms with E-state index in [2.05, 4.69) is 21.2 Å². The Kier molecular flexibility index (Phi) is 4.25. The van der Waals surface area contributed by atoms with Gasteiger partial charge in [0.2, 0.25) is 0 Å². The number of nitrogen functional groups attached to an aromatic ring is 1. The first-order valence-corrected chi connectivity index (χ1v) is 6.56. The van der Waals surface area contributed by atoms with Gasteiger partial charge in [-0.1, -0.05) is 27.5 Å². The molecule has 3 nitrogen and oxygen atoms in total. The van der Waals surface area contributed by atoms with Crippen LogP contribution in [-0.2, 0) is 0 Å². The zero-order valence-corrected chi connectivity index (χ0v) is 12.2. The van der Waals surface area contributed by atoms with Gasteiger partial charge < -0.3 is 11.1 Å². The van der Waals surface area contributed by atoms with Crippen molar-refractivity contribution in [1.82, 2.24) is 0 Å². The maximum atomic E-state index is 13.3. The standard InChI is InChI=1S/C13H8BrClF2N2O/c14-7-1-2-11(8(15)5-7)19-13(20)6-3-9(16)12(18)10(17)4-6/h1-5H,18H2,(H,19,20). The molecule has 3 N–H and O–H groups in total. The van der Waals surface area contributed by atoms with Gasteiger partial charge in [-0.15, -0.1) is 0 Å². The number of amides is 1. The third kappa shape index (κ3) is 3.08. The number of anilines is 2. The smallest absolute Gasteiger partial charge is 0.255 e. The molecule has 0 bridgehead atoms. The molecule has 0 aliphatic rings. The van der Waals surface area contributed by atoms with Crippen molar-refractivity contribution in [2.24, 2.45) is 0 Å². The van der Waals surface area contributed by atoms with Crippen LogP contribution < -0.4 is 11.1 Å². The van der Waals surface area contributed by atoms with Crippen LogP contribution in [0.1, 0.15) is 10.4 Å². The van der Waals surface area contributed by atoms with Crippen molar-refractivity contribution in [1.29, 1.82) is 0 Å². The summed E-state index contributed by atoms with van der Waals surface area (Å²) in [6, 6.07) is 6.54. The number of hydrogen-bond donors (Lipinski definition) is 2. The number of hydrogen-bond acceptors (Lipinski definition) is 2. The number of carbonyl (C=O) groups is 1. The van der Waals surface area contributed by atoms with E-state index in [9.17, 15) is 13.6 Å². The fraction of sp³-hybridized carbons (Fsp3) is 0. The summed E-state index contributed by atoms with van der Waals surface area (Å²) in [5, 5.41) is 2.76. The van der Waals surface area contributed by atoms with Crippen LogP contribution in [0.25, 0.3) is 0 Å². The Morgan fingerprint density at radius 1 is 1.20 bits per heavy atom. The zero-order valence-electron chi connectivity index (χ0n) is 9.88. The van der Waals surface area contributed by atoms with Crippen molar-refractivity contribution in [3.63, 3.8) is 0 Å². The zero-order chi connectivity index (χ0) is 14.9. The first-order chi connectivity index (χ1) is 9.38. The lowest BCUT2D eigenvalue weighted by atomic mass is 10.1. The first-order valence-electron chi connectivity index (χ1n) is 5.39. The minimum atomic E-state index is -0.989. The van der Waals surface area contributed by atoms with Crippen LogP contribution in [-0.4, -0.2) is 5.91 Å². The van der Waals surface area contributed by atoms with Gasteiger partial charge in [0.05, 0.1) is 10.7 Å². The van der Waals surface area contributed by atoms with Crippen molar-refractivity contribution in [3.8, 4) is 0 Å². The lowest BCUT2D eigenvalue weighted by Crippen LogP contribution is -2.13. The van der Waals surface area contributed by atoms with E-state index in [0.717, 1.165) is 16.6 Å². The molecule has 1 amide bonds. The highest BCUT2D eigenvalue weighted by Crippen LogP contribution is 2.26. The first kappa shape index (κ1) is 14.7. The third-order valence-electron chi connectivity index (χ3n) is 2.52. The van der Waals surface area contributed by atoms with E-state index >= 15 is 0 Å². The fourth-order valence-corrected chi connectivity index (χ4v) is 2.22. The highest BCUT2D eigenvalue weighted by atomic mass is 79.9. The predicted octanol–water partition coefficient (Wildman–Crippen LogP) is 4.22. The van der Waals surface area contributed by atoms with Crippen molar-refractivity contribution >= 4 is 44.8 Å². The molecular weight excluding hydrogens is 354 g/mol. The number of nitrogens with one attached hydrogen (secondary N) is 1. The van der Waals surface area contributed by atoms with E-state index in [4.69, 9.17) is 17.3 Å². The summed E-state index contributed by atoms with van der Waals surface area (Å²) in [5.74, 6) is -2.67. The number of halogens is 4. The van der Waals surface area contributed by atoms with Crippen LogP contribution >= 0.6 is 27.5 Å². The maximum Gasteiger partial charge on any atom is 0.255 e. The van der Waals surface area contributed by atoms with Crippen LogP contribution in [0.5, 0.6) is 0 Å². The molecule has 7 heteroatoms. The lowest BCUT2D eigenvalue weighted by molar-refractivity contribution is 0.102. The second-order valence-corrected chi connectivity index (χ2v) is 5.25. The maximum absolute atomic E-state index is 13.3. The van der Waals surface area contributed by atoms with E-state index in [1.165, 1.54) is 0 Å². The molecule has 2 aromatic carbocycles. The normalized spacial score (nSPS) is 10.4. The van der Waals surface area contributed by atoms with Crippen LogP contribution in [0, 0.1) is 11.6 Å².